The summed E-state index contributed by atoms with van der Waals surface area (Å²) in [6, 6.07) is 14.9. The topological polar surface area (TPSA) is 84.7 Å². The number of nitrogens with one attached hydrogen (secondary N) is 1. The van der Waals surface area contributed by atoms with Crippen LogP contribution in [0.25, 0.3) is 0 Å². The van der Waals surface area contributed by atoms with Crippen LogP contribution in [0, 0.1) is 5.92 Å². The average molecular weight is 353 g/mol. The first-order chi connectivity index (χ1) is 12.6. The second-order valence-electron chi connectivity index (χ2n) is 6.36. The van der Waals surface area contributed by atoms with Crippen molar-refractivity contribution < 1.29 is 14.3 Å². The summed E-state index contributed by atoms with van der Waals surface area (Å²) in [5.74, 6) is 0.128. The molecule has 1 saturated heterocycles. The number of carbonyl (C=O) groups is 2. The fraction of sp³-hybridized carbons (Fsp3) is 0.300. The van der Waals surface area contributed by atoms with Crippen molar-refractivity contribution in [2.75, 3.05) is 30.8 Å². The molecule has 0 aromatic heterocycles. The molecule has 0 saturated carbocycles. The van der Waals surface area contributed by atoms with Crippen molar-refractivity contribution in [1.29, 1.82) is 0 Å². The van der Waals surface area contributed by atoms with Crippen molar-refractivity contribution >= 4 is 23.2 Å². The fourth-order valence-corrected chi connectivity index (χ4v) is 3.13. The Hall–Kier alpha value is -3.02. The molecule has 1 aliphatic rings. The predicted octanol–water partition coefficient (Wildman–Crippen LogP) is 1.99. The number of hydrogen-bond acceptors (Lipinski definition) is 4. The molecule has 1 unspecified atom stereocenters. The van der Waals surface area contributed by atoms with Crippen molar-refractivity contribution in [2.24, 2.45) is 5.92 Å². The highest BCUT2D eigenvalue weighted by Crippen LogP contribution is 2.32. The Bertz CT molecular complexity index is 789. The highest BCUT2D eigenvalue weighted by molar-refractivity contribution is 6.01. The zero-order chi connectivity index (χ0) is 18.5. The second-order valence-corrected chi connectivity index (χ2v) is 6.36. The van der Waals surface area contributed by atoms with Crippen LogP contribution in [0.15, 0.2) is 48.5 Å². The Kier molecular flexibility index (Phi) is 5.41. The van der Waals surface area contributed by atoms with Gasteiger partial charge in [0.15, 0.2) is 0 Å². The Morgan fingerprint density at radius 1 is 1.23 bits per heavy atom. The number of amides is 2. The molecule has 0 spiro atoms. The van der Waals surface area contributed by atoms with Gasteiger partial charge < -0.3 is 20.7 Å². The summed E-state index contributed by atoms with van der Waals surface area (Å²) in [6.07, 6.45) is 0.939. The van der Waals surface area contributed by atoms with Crippen LogP contribution in [0.2, 0.25) is 0 Å². The number of methoxy groups -OCH3 is 1. The first kappa shape index (κ1) is 17.8. The van der Waals surface area contributed by atoms with Gasteiger partial charge in [-0.05, 0) is 36.2 Å². The smallest absolute Gasteiger partial charge is 0.227 e. The van der Waals surface area contributed by atoms with E-state index in [-0.39, 0.29) is 24.2 Å². The van der Waals surface area contributed by atoms with E-state index >= 15 is 0 Å². The van der Waals surface area contributed by atoms with E-state index in [1.54, 1.807) is 12.0 Å². The molecular weight excluding hydrogens is 330 g/mol. The molecule has 3 N–H and O–H groups in total. The lowest BCUT2D eigenvalue weighted by Gasteiger charge is -2.19. The van der Waals surface area contributed by atoms with Gasteiger partial charge in [0.05, 0.1) is 18.7 Å². The highest BCUT2D eigenvalue weighted by Gasteiger charge is 2.36. The minimum absolute atomic E-state index is 0.0619. The molecule has 2 amide bonds. The molecule has 1 aliphatic heterocycles. The van der Waals surface area contributed by atoms with E-state index in [1.165, 1.54) is 0 Å². The van der Waals surface area contributed by atoms with Gasteiger partial charge in [0.25, 0.3) is 0 Å². The molecule has 2 aromatic carbocycles. The zero-order valence-electron chi connectivity index (χ0n) is 14.8. The zero-order valence-corrected chi connectivity index (χ0v) is 14.8. The summed E-state index contributed by atoms with van der Waals surface area (Å²) in [6.45, 7) is 0.898. The Balaban J connectivity index is 1.56. The van der Waals surface area contributed by atoms with Crippen LogP contribution in [0.4, 0.5) is 11.4 Å². The van der Waals surface area contributed by atoms with Crippen molar-refractivity contribution in [3.05, 3.63) is 54.1 Å². The van der Waals surface area contributed by atoms with Crippen LogP contribution in [0.5, 0.6) is 5.75 Å². The van der Waals surface area contributed by atoms with Crippen LogP contribution < -0.4 is 20.7 Å². The van der Waals surface area contributed by atoms with E-state index in [2.05, 4.69) is 5.32 Å². The van der Waals surface area contributed by atoms with E-state index in [1.807, 2.05) is 48.5 Å². The van der Waals surface area contributed by atoms with Gasteiger partial charge in [-0.15, -0.1) is 0 Å². The van der Waals surface area contributed by atoms with Gasteiger partial charge in [-0.2, -0.15) is 0 Å². The fourth-order valence-electron chi connectivity index (χ4n) is 3.13. The number of para-hydroxylation sites is 2. The number of carbonyl (C=O) groups excluding carboxylic acids is 2. The van der Waals surface area contributed by atoms with Gasteiger partial charge in [-0.3, -0.25) is 9.59 Å². The van der Waals surface area contributed by atoms with Crippen LogP contribution >= 0.6 is 0 Å². The van der Waals surface area contributed by atoms with Crippen molar-refractivity contribution in [3.63, 3.8) is 0 Å². The average Bonchev–Trinajstić information content (AvgIpc) is 3.05. The molecule has 1 atom stereocenters. The molecule has 6 heteroatoms. The van der Waals surface area contributed by atoms with Crippen LogP contribution in [-0.2, 0) is 16.0 Å². The monoisotopic (exact) mass is 353 g/mol. The summed E-state index contributed by atoms with van der Waals surface area (Å²) >= 11 is 0. The second kappa shape index (κ2) is 7.91. The summed E-state index contributed by atoms with van der Waals surface area (Å²) in [5, 5.41) is 2.93. The van der Waals surface area contributed by atoms with E-state index in [4.69, 9.17) is 10.5 Å². The largest absolute Gasteiger partial charge is 0.495 e. The van der Waals surface area contributed by atoms with Crippen LogP contribution in [-0.4, -0.2) is 32.0 Å². The lowest BCUT2D eigenvalue weighted by Crippen LogP contribution is -2.34. The Morgan fingerprint density at radius 3 is 2.69 bits per heavy atom. The van der Waals surface area contributed by atoms with Crippen LogP contribution in [0.3, 0.4) is 0 Å². The maximum Gasteiger partial charge on any atom is 0.227 e. The SMILES string of the molecule is COc1ccccc1N1CC(C(=O)NCCc2ccc(N)cc2)CC1=O. The molecule has 1 heterocycles. The lowest BCUT2D eigenvalue weighted by molar-refractivity contribution is -0.126. The first-order valence-electron chi connectivity index (χ1n) is 8.64. The van der Waals surface area contributed by atoms with E-state index < -0.39 is 0 Å². The number of nitrogens with two attached hydrogens (primary N) is 1. The van der Waals surface area contributed by atoms with E-state index in [9.17, 15) is 9.59 Å². The van der Waals surface area contributed by atoms with E-state index in [0.29, 0.717) is 24.5 Å². The molecule has 1 fully saturated rings. The maximum absolute atomic E-state index is 12.4. The number of nitrogen functional groups attached to an aromatic ring is 1. The number of rotatable bonds is 6. The summed E-state index contributed by atoms with van der Waals surface area (Å²) in [5.41, 5.74) is 8.20. The van der Waals surface area contributed by atoms with Gasteiger partial charge in [0, 0.05) is 25.2 Å². The third-order valence-corrected chi connectivity index (χ3v) is 4.56. The molecule has 0 bridgehead atoms. The summed E-state index contributed by atoms with van der Waals surface area (Å²) < 4.78 is 5.32. The number of benzene rings is 2. The third-order valence-electron chi connectivity index (χ3n) is 4.56. The molecule has 0 aliphatic carbocycles. The number of nitrogens with zero attached hydrogens (tertiary/aromatic N) is 1. The Labute approximate surface area is 152 Å². The molecule has 136 valence electrons. The van der Waals surface area contributed by atoms with Gasteiger partial charge in [0.2, 0.25) is 11.8 Å². The molecule has 2 aromatic rings. The van der Waals surface area contributed by atoms with Gasteiger partial charge in [0.1, 0.15) is 5.75 Å². The summed E-state index contributed by atoms with van der Waals surface area (Å²) in [4.78, 5) is 26.4. The maximum atomic E-state index is 12.4. The predicted molar refractivity (Wildman–Crippen MR) is 101 cm³/mol. The Morgan fingerprint density at radius 2 is 1.96 bits per heavy atom. The summed E-state index contributed by atoms with van der Waals surface area (Å²) in [7, 11) is 1.57. The molecule has 26 heavy (non-hydrogen) atoms. The normalized spacial score (nSPS) is 16.6. The standard InChI is InChI=1S/C20H23N3O3/c1-26-18-5-3-2-4-17(18)23-13-15(12-19(23)24)20(25)22-11-10-14-6-8-16(21)9-7-14/h2-9,15H,10-13,21H2,1H3,(H,22,25). The molecule has 0 radical (unpaired) electrons. The van der Waals surface area contributed by atoms with Crippen molar-refractivity contribution in [2.45, 2.75) is 12.8 Å². The third kappa shape index (κ3) is 3.96. The highest BCUT2D eigenvalue weighted by atomic mass is 16.5. The molecular formula is C20H23N3O3. The number of hydrogen-bond donors (Lipinski definition) is 2. The quantitative estimate of drug-likeness (QED) is 0.778. The minimum atomic E-state index is -0.348. The van der Waals surface area contributed by atoms with Gasteiger partial charge in [-0.1, -0.05) is 24.3 Å². The number of anilines is 2. The van der Waals surface area contributed by atoms with Crippen LogP contribution in [0.1, 0.15) is 12.0 Å². The molecule has 6 nitrogen and oxygen atoms in total. The van der Waals surface area contributed by atoms with E-state index in [0.717, 1.165) is 17.7 Å². The lowest BCUT2D eigenvalue weighted by atomic mass is 10.1. The van der Waals surface area contributed by atoms with Crippen molar-refractivity contribution in [1.82, 2.24) is 5.32 Å². The van der Waals surface area contributed by atoms with Crippen molar-refractivity contribution in [3.8, 4) is 5.75 Å². The minimum Gasteiger partial charge on any atom is -0.495 e. The van der Waals surface area contributed by atoms with Gasteiger partial charge >= 0.3 is 0 Å². The molecule has 3 rings (SSSR count). The first-order valence-corrected chi connectivity index (χ1v) is 8.64. The van der Waals surface area contributed by atoms with Gasteiger partial charge in [-0.25, -0.2) is 0 Å². The number of ether oxygens (including phenoxy) is 1.